The zero-order valence-corrected chi connectivity index (χ0v) is 13.2. The molecule has 18 heavy (non-hydrogen) atoms. The van der Waals surface area contributed by atoms with Crippen LogP contribution in [-0.4, -0.2) is 6.29 Å². The Hall–Kier alpha value is -0.110. The van der Waals surface area contributed by atoms with Crippen molar-refractivity contribution in [3.8, 4) is 0 Å². The zero-order valence-electron chi connectivity index (χ0n) is 11.6. The van der Waals surface area contributed by atoms with Gasteiger partial charge in [-0.3, -0.25) is 0 Å². The summed E-state index contributed by atoms with van der Waals surface area (Å²) < 4.78 is 0. The van der Waals surface area contributed by atoms with Gasteiger partial charge in [0, 0.05) is 6.42 Å². The van der Waals surface area contributed by atoms with Crippen LogP contribution in [0.1, 0.15) is 58.8 Å². The number of carbonyl (C=O) groups excluding carboxylic acids is 1. The molecule has 1 nitrogen and oxygen atoms in total. The maximum Gasteiger partial charge on any atom is 0.120 e. The number of carbonyl (C=O) groups is 1. The van der Waals surface area contributed by atoms with Crippen molar-refractivity contribution in [3.05, 3.63) is 10.6 Å². The average Bonchev–Trinajstić information content (AvgIpc) is 2.66. The van der Waals surface area contributed by atoms with Crippen LogP contribution in [0.4, 0.5) is 0 Å². The van der Waals surface area contributed by atoms with E-state index >= 15 is 0 Å². The van der Waals surface area contributed by atoms with Gasteiger partial charge in [0.2, 0.25) is 0 Å². The lowest BCUT2D eigenvalue weighted by Crippen LogP contribution is -2.33. The molecule has 2 aliphatic carbocycles. The molecule has 2 fully saturated rings. The second-order valence-corrected chi connectivity index (χ2v) is 7.07. The predicted molar refractivity (Wildman–Crippen MR) is 79.6 cm³/mol. The molecule has 0 N–H and O–H groups in total. The van der Waals surface area contributed by atoms with E-state index in [-0.39, 0.29) is 0 Å². The summed E-state index contributed by atoms with van der Waals surface area (Å²) in [6.07, 6.45) is 9.76. The highest BCUT2D eigenvalue weighted by Crippen LogP contribution is 2.59. The van der Waals surface area contributed by atoms with Gasteiger partial charge in [-0.15, -0.1) is 0 Å². The zero-order chi connectivity index (χ0) is 13.2. The van der Waals surface area contributed by atoms with Crippen LogP contribution < -0.4 is 0 Å². The molecule has 0 aromatic heterocycles. The molecule has 0 aromatic carbocycles. The van der Waals surface area contributed by atoms with Crippen LogP contribution in [0.3, 0.4) is 0 Å². The average molecular weight is 313 g/mol. The standard InChI is InChI=1S/C16H25BrO/c1-12(7-9-18)10-14-5-6-15-13(11-17)4-3-8-16(14,15)2/h9,11-12,14-15H,3-8,10H2,1-2H3/b13-11+. The minimum Gasteiger partial charge on any atom is -0.303 e. The minimum absolute atomic E-state index is 0.495. The first kappa shape index (κ1) is 14.3. The van der Waals surface area contributed by atoms with E-state index in [1.807, 2.05) is 0 Å². The molecule has 2 saturated carbocycles. The summed E-state index contributed by atoms with van der Waals surface area (Å²) in [5.74, 6) is 2.17. The molecule has 0 heterocycles. The Morgan fingerprint density at radius 1 is 1.50 bits per heavy atom. The first-order chi connectivity index (χ1) is 8.61. The van der Waals surface area contributed by atoms with E-state index in [4.69, 9.17) is 0 Å². The first-order valence-corrected chi connectivity index (χ1v) is 8.26. The molecule has 0 spiro atoms. The molecule has 4 atom stereocenters. The Bertz CT molecular complexity index is 336. The van der Waals surface area contributed by atoms with Crippen molar-refractivity contribution < 1.29 is 4.79 Å². The fourth-order valence-corrected chi connectivity index (χ4v) is 4.96. The van der Waals surface area contributed by atoms with Gasteiger partial charge in [0.05, 0.1) is 0 Å². The second-order valence-electron chi connectivity index (χ2n) is 6.61. The number of halogens is 1. The van der Waals surface area contributed by atoms with Gasteiger partial charge in [0.1, 0.15) is 6.29 Å². The molecule has 0 aromatic rings. The molecule has 4 unspecified atom stereocenters. The van der Waals surface area contributed by atoms with E-state index < -0.39 is 0 Å². The minimum atomic E-state index is 0.495. The molecular formula is C16H25BrO. The van der Waals surface area contributed by atoms with Crippen molar-refractivity contribution in [1.82, 2.24) is 0 Å². The van der Waals surface area contributed by atoms with Gasteiger partial charge < -0.3 is 4.79 Å². The fraction of sp³-hybridized carbons (Fsp3) is 0.812. The van der Waals surface area contributed by atoms with Crippen LogP contribution in [0.2, 0.25) is 0 Å². The topological polar surface area (TPSA) is 17.1 Å². The molecule has 2 aliphatic rings. The van der Waals surface area contributed by atoms with Gasteiger partial charge in [0.25, 0.3) is 0 Å². The lowest BCUT2D eigenvalue weighted by Gasteiger charge is -2.43. The van der Waals surface area contributed by atoms with Gasteiger partial charge in [-0.1, -0.05) is 35.4 Å². The van der Waals surface area contributed by atoms with E-state index in [1.165, 1.54) is 38.5 Å². The summed E-state index contributed by atoms with van der Waals surface area (Å²) in [6.45, 7) is 4.73. The number of allylic oxidation sites excluding steroid dienone is 1. The second kappa shape index (κ2) is 5.90. The number of hydrogen-bond acceptors (Lipinski definition) is 1. The van der Waals surface area contributed by atoms with E-state index in [2.05, 4.69) is 34.8 Å². The third-order valence-electron chi connectivity index (χ3n) is 5.49. The molecule has 0 aliphatic heterocycles. The van der Waals surface area contributed by atoms with Gasteiger partial charge in [-0.2, -0.15) is 0 Å². The van der Waals surface area contributed by atoms with Gasteiger partial charge >= 0.3 is 0 Å². The Morgan fingerprint density at radius 2 is 2.28 bits per heavy atom. The van der Waals surface area contributed by atoms with Gasteiger partial charge in [-0.05, 0) is 66.7 Å². The highest BCUT2D eigenvalue weighted by Gasteiger charge is 2.48. The summed E-state index contributed by atoms with van der Waals surface area (Å²) in [5, 5.41) is 0. The molecular weight excluding hydrogens is 288 g/mol. The summed E-state index contributed by atoms with van der Waals surface area (Å²) in [5.41, 5.74) is 2.13. The maximum absolute atomic E-state index is 10.6. The number of hydrogen-bond donors (Lipinski definition) is 0. The molecule has 2 rings (SSSR count). The fourth-order valence-electron chi connectivity index (χ4n) is 4.41. The largest absolute Gasteiger partial charge is 0.303 e. The summed E-state index contributed by atoms with van der Waals surface area (Å²) in [4.78, 5) is 12.8. The van der Waals surface area contributed by atoms with Crippen LogP contribution in [0.15, 0.2) is 10.6 Å². The quantitative estimate of drug-likeness (QED) is 0.660. The van der Waals surface area contributed by atoms with Gasteiger partial charge in [-0.25, -0.2) is 0 Å². The molecule has 0 saturated heterocycles. The van der Waals surface area contributed by atoms with E-state index in [0.29, 0.717) is 11.3 Å². The number of aldehydes is 1. The van der Waals surface area contributed by atoms with Crippen molar-refractivity contribution in [2.75, 3.05) is 0 Å². The van der Waals surface area contributed by atoms with Crippen molar-refractivity contribution >= 4 is 22.2 Å². The van der Waals surface area contributed by atoms with E-state index in [0.717, 1.165) is 24.5 Å². The van der Waals surface area contributed by atoms with Crippen LogP contribution in [-0.2, 0) is 4.79 Å². The number of fused-ring (bicyclic) bond motifs is 1. The molecule has 0 amide bonds. The van der Waals surface area contributed by atoms with Crippen molar-refractivity contribution in [2.45, 2.75) is 58.8 Å². The third kappa shape index (κ3) is 2.59. The lowest BCUT2D eigenvalue weighted by molar-refractivity contribution is -0.108. The summed E-state index contributed by atoms with van der Waals surface area (Å²) >= 11 is 3.56. The van der Waals surface area contributed by atoms with Crippen molar-refractivity contribution in [2.24, 2.45) is 23.2 Å². The lowest BCUT2D eigenvalue weighted by atomic mass is 9.62. The van der Waals surface area contributed by atoms with Crippen LogP contribution in [0.25, 0.3) is 0 Å². The van der Waals surface area contributed by atoms with Gasteiger partial charge in [0.15, 0.2) is 0 Å². The maximum atomic E-state index is 10.6. The Kier molecular flexibility index (Phi) is 4.69. The van der Waals surface area contributed by atoms with Crippen LogP contribution >= 0.6 is 15.9 Å². The first-order valence-electron chi connectivity index (χ1n) is 7.34. The van der Waals surface area contributed by atoms with E-state index in [1.54, 1.807) is 5.57 Å². The van der Waals surface area contributed by atoms with Crippen molar-refractivity contribution in [3.63, 3.8) is 0 Å². The Balaban J connectivity index is 2.08. The third-order valence-corrected chi connectivity index (χ3v) is 6.07. The molecule has 0 radical (unpaired) electrons. The monoisotopic (exact) mass is 312 g/mol. The molecule has 2 heteroatoms. The Morgan fingerprint density at radius 3 is 2.94 bits per heavy atom. The predicted octanol–water partition coefficient (Wildman–Crippen LogP) is 5.10. The van der Waals surface area contributed by atoms with Crippen molar-refractivity contribution in [1.29, 1.82) is 0 Å². The highest BCUT2D eigenvalue weighted by molar-refractivity contribution is 9.11. The van der Waals surface area contributed by atoms with E-state index in [9.17, 15) is 4.79 Å². The Labute approximate surface area is 120 Å². The number of rotatable bonds is 4. The van der Waals surface area contributed by atoms with Crippen LogP contribution in [0.5, 0.6) is 0 Å². The summed E-state index contributed by atoms with van der Waals surface area (Å²) in [6, 6.07) is 0. The summed E-state index contributed by atoms with van der Waals surface area (Å²) in [7, 11) is 0. The highest BCUT2D eigenvalue weighted by atomic mass is 79.9. The smallest absolute Gasteiger partial charge is 0.120 e. The molecule has 102 valence electrons. The van der Waals surface area contributed by atoms with Crippen LogP contribution in [0, 0.1) is 23.2 Å². The normalized spacial score (nSPS) is 39.6. The SMILES string of the molecule is CC(CC=O)CC1CCC2/C(=C/Br)CCCC12C. The molecule has 0 bridgehead atoms.